The van der Waals surface area contributed by atoms with Crippen LogP contribution in [0.4, 0.5) is 0 Å². The highest BCUT2D eigenvalue weighted by Crippen LogP contribution is 2.35. The maximum Gasteiger partial charge on any atom is 0.253 e. The van der Waals surface area contributed by atoms with Crippen LogP contribution in [-0.2, 0) is 10.3 Å². The Labute approximate surface area is 97.5 Å². The molecule has 0 spiro atoms. The van der Waals surface area contributed by atoms with E-state index < -0.39 is 3.79 Å². The van der Waals surface area contributed by atoms with Crippen molar-refractivity contribution in [3.8, 4) is 0 Å². The summed E-state index contributed by atoms with van der Waals surface area (Å²) in [5, 5.41) is 11.4. The molecular formula is C7H11Cl3N4. The molecule has 0 N–H and O–H groups in total. The van der Waals surface area contributed by atoms with Crippen LogP contribution in [0.3, 0.4) is 0 Å². The lowest BCUT2D eigenvalue weighted by Gasteiger charge is -2.15. The van der Waals surface area contributed by atoms with E-state index in [9.17, 15) is 0 Å². The fourth-order valence-electron chi connectivity index (χ4n) is 0.848. The predicted octanol–water partition coefficient (Wildman–Crippen LogP) is 2.55. The minimum atomic E-state index is -1.60. The van der Waals surface area contributed by atoms with Crippen LogP contribution in [0.15, 0.2) is 0 Å². The number of tetrazole rings is 1. The molecule has 0 aliphatic carbocycles. The Morgan fingerprint density at radius 1 is 1.21 bits per heavy atom. The maximum absolute atomic E-state index is 5.60. The number of aromatic nitrogens is 4. The van der Waals surface area contributed by atoms with Gasteiger partial charge in [0.25, 0.3) is 3.79 Å². The molecular weight excluding hydrogens is 246 g/mol. The molecule has 0 radical (unpaired) electrons. The number of nitrogens with zero attached hydrogens (tertiary/aromatic N) is 4. The van der Waals surface area contributed by atoms with Crippen molar-refractivity contribution in [2.75, 3.05) is 0 Å². The monoisotopic (exact) mass is 256 g/mol. The fraction of sp³-hybridized carbons (Fsp3) is 0.857. The van der Waals surface area contributed by atoms with Crippen molar-refractivity contribution in [3.63, 3.8) is 0 Å². The van der Waals surface area contributed by atoms with E-state index in [2.05, 4.69) is 36.2 Å². The van der Waals surface area contributed by atoms with E-state index >= 15 is 0 Å². The summed E-state index contributed by atoms with van der Waals surface area (Å²) < 4.78 is -1.60. The van der Waals surface area contributed by atoms with Gasteiger partial charge in [0, 0.05) is 0 Å². The van der Waals surface area contributed by atoms with Crippen molar-refractivity contribution < 1.29 is 0 Å². The predicted molar refractivity (Wildman–Crippen MR) is 56.5 cm³/mol. The lowest BCUT2D eigenvalue weighted by Crippen LogP contribution is -2.18. The number of rotatable bonds is 1. The second-order valence-corrected chi connectivity index (χ2v) is 6.48. The topological polar surface area (TPSA) is 43.6 Å². The van der Waals surface area contributed by atoms with Crippen molar-refractivity contribution in [2.45, 2.75) is 31.1 Å². The standard InChI is InChI=1S/C7H11Cl3N4/c1-6(2,3)4-14-12-5(11-13-14)7(8,9)10/h4H2,1-3H3. The summed E-state index contributed by atoms with van der Waals surface area (Å²) in [5.41, 5.74) is 0.0611. The van der Waals surface area contributed by atoms with Gasteiger partial charge in [-0.1, -0.05) is 55.6 Å². The molecule has 0 unspecified atom stereocenters. The first-order valence-electron chi connectivity index (χ1n) is 4.03. The van der Waals surface area contributed by atoms with E-state index in [0.29, 0.717) is 6.54 Å². The first kappa shape index (κ1) is 12.0. The number of alkyl halides is 3. The van der Waals surface area contributed by atoms with Crippen LogP contribution >= 0.6 is 34.8 Å². The van der Waals surface area contributed by atoms with Crippen molar-refractivity contribution in [1.29, 1.82) is 0 Å². The molecule has 7 heteroatoms. The molecule has 0 atom stereocenters. The van der Waals surface area contributed by atoms with Gasteiger partial charge in [-0.15, -0.1) is 10.2 Å². The molecule has 0 bridgehead atoms. The van der Waals surface area contributed by atoms with E-state index in [-0.39, 0.29) is 11.2 Å². The minimum absolute atomic E-state index is 0.0611. The Kier molecular flexibility index (Phi) is 3.29. The molecule has 0 saturated carbocycles. The summed E-state index contributed by atoms with van der Waals surface area (Å²) in [6, 6.07) is 0. The van der Waals surface area contributed by atoms with E-state index in [1.807, 2.05) is 0 Å². The third kappa shape index (κ3) is 3.59. The summed E-state index contributed by atoms with van der Waals surface area (Å²) >= 11 is 16.8. The zero-order chi connectivity index (χ0) is 11.0. The van der Waals surface area contributed by atoms with Crippen LogP contribution < -0.4 is 0 Å². The van der Waals surface area contributed by atoms with Crippen LogP contribution in [0, 0.1) is 5.41 Å². The van der Waals surface area contributed by atoms with Gasteiger partial charge < -0.3 is 0 Å². The van der Waals surface area contributed by atoms with Gasteiger partial charge in [0.05, 0.1) is 6.54 Å². The molecule has 1 rings (SSSR count). The lowest BCUT2D eigenvalue weighted by atomic mass is 9.97. The summed E-state index contributed by atoms with van der Waals surface area (Å²) in [4.78, 5) is 1.43. The number of hydrogen-bond donors (Lipinski definition) is 0. The maximum atomic E-state index is 5.60. The largest absolute Gasteiger partial charge is 0.253 e. The average Bonchev–Trinajstić information content (AvgIpc) is 2.29. The van der Waals surface area contributed by atoms with E-state index in [4.69, 9.17) is 34.8 Å². The zero-order valence-electron chi connectivity index (χ0n) is 8.13. The van der Waals surface area contributed by atoms with Gasteiger partial charge in [0.1, 0.15) is 0 Å². The zero-order valence-corrected chi connectivity index (χ0v) is 10.4. The second kappa shape index (κ2) is 3.83. The molecule has 4 nitrogen and oxygen atoms in total. The minimum Gasteiger partial charge on any atom is -0.164 e. The average molecular weight is 258 g/mol. The lowest BCUT2D eigenvalue weighted by molar-refractivity contribution is 0.299. The van der Waals surface area contributed by atoms with Crippen molar-refractivity contribution in [3.05, 3.63) is 5.82 Å². The summed E-state index contributed by atoms with van der Waals surface area (Å²) in [6.45, 7) is 6.81. The van der Waals surface area contributed by atoms with Crippen LogP contribution in [0.1, 0.15) is 26.6 Å². The molecule has 1 heterocycles. The summed E-state index contributed by atoms with van der Waals surface area (Å²) in [7, 11) is 0. The van der Waals surface area contributed by atoms with Crippen LogP contribution in [0.5, 0.6) is 0 Å². The first-order valence-corrected chi connectivity index (χ1v) is 5.17. The van der Waals surface area contributed by atoms with E-state index in [1.165, 1.54) is 4.80 Å². The number of halogens is 3. The summed E-state index contributed by atoms with van der Waals surface area (Å²) in [6.07, 6.45) is 0. The molecule has 0 aliphatic rings. The van der Waals surface area contributed by atoms with Gasteiger partial charge in [-0.3, -0.25) is 0 Å². The molecule has 0 aliphatic heterocycles. The molecule has 1 aromatic heterocycles. The highest BCUT2D eigenvalue weighted by molar-refractivity contribution is 6.66. The first-order chi connectivity index (χ1) is 6.18. The highest BCUT2D eigenvalue weighted by Gasteiger charge is 2.29. The van der Waals surface area contributed by atoms with Gasteiger partial charge in [-0.25, -0.2) is 0 Å². The Bertz CT molecular complexity index is 309. The van der Waals surface area contributed by atoms with Gasteiger partial charge in [0.15, 0.2) is 0 Å². The Hall–Kier alpha value is -0.0600. The van der Waals surface area contributed by atoms with Gasteiger partial charge in [-0.05, 0) is 10.6 Å². The van der Waals surface area contributed by atoms with Gasteiger partial charge in [0.2, 0.25) is 5.82 Å². The quantitative estimate of drug-likeness (QED) is 0.726. The SMILES string of the molecule is CC(C)(C)Cn1nnc(C(Cl)(Cl)Cl)n1. The Morgan fingerprint density at radius 2 is 1.79 bits per heavy atom. The van der Waals surface area contributed by atoms with Crippen LogP contribution in [0.2, 0.25) is 0 Å². The summed E-state index contributed by atoms with van der Waals surface area (Å²) in [5.74, 6) is 0.103. The Morgan fingerprint density at radius 3 is 2.14 bits per heavy atom. The number of hydrogen-bond acceptors (Lipinski definition) is 3. The Balaban J connectivity index is 2.79. The van der Waals surface area contributed by atoms with Crippen LogP contribution in [0.25, 0.3) is 0 Å². The van der Waals surface area contributed by atoms with Gasteiger partial charge >= 0.3 is 0 Å². The molecule has 0 fully saturated rings. The van der Waals surface area contributed by atoms with Crippen LogP contribution in [-0.4, -0.2) is 20.2 Å². The van der Waals surface area contributed by atoms with E-state index in [1.54, 1.807) is 0 Å². The molecule has 0 aromatic carbocycles. The highest BCUT2D eigenvalue weighted by atomic mass is 35.6. The van der Waals surface area contributed by atoms with E-state index in [0.717, 1.165) is 0 Å². The molecule has 80 valence electrons. The van der Waals surface area contributed by atoms with Crippen molar-refractivity contribution in [1.82, 2.24) is 20.2 Å². The third-order valence-corrected chi connectivity index (χ3v) is 1.83. The molecule has 0 saturated heterocycles. The second-order valence-electron chi connectivity index (χ2n) is 4.20. The fourth-order valence-corrected chi connectivity index (χ4v) is 1.07. The smallest absolute Gasteiger partial charge is 0.164 e. The molecule has 1 aromatic rings. The normalized spacial score (nSPS) is 13.3. The van der Waals surface area contributed by atoms with Crippen molar-refractivity contribution >= 4 is 34.8 Å². The third-order valence-electron chi connectivity index (χ3n) is 1.32. The van der Waals surface area contributed by atoms with Crippen molar-refractivity contribution in [2.24, 2.45) is 5.41 Å². The molecule has 0 amide bonds. The van der Waals surface area contributed by atoms with Gasteiger partial charge in [-0.2, -0.15) is 4.80 Å². The molecule has 14 heavy (non-hydrogen) atoms.